The fourth-order valence-corrected chi connectivity index (χ4v) is 3.12. The summed E-state index contributed by atoms with van der Waals surface area (Å²) in [6.07, 6.45) is 4.10. The van der Waals surface area contributed by atoms with E-state index in [0.29, 0.717) is 37.1 Å². The first kappa shape index (κ1) is 18.9. The van der Waals surface area contributed by atoms with Crippen molar-refractivity contribution in [2.24, 2.45) is 0 Å². The van der Waals surface area contributed by atoms with E-state index in [9.17, 15) is 4.39 Å². The Hall–Kier alpha value is -1.91. The second-order valence-corrected chi connectivity index (χ2v) is 7.85. The van der Waals surface area contributed by atoms with Gasteiger partial charge in [-0.1, -0.05) is 0 Å². The maximum atomic E-state index is 14.9. The van der Waals surface area contributed by atoms with Gasteiger partial charge in [0.25, 0.3) is 0 Å². The number of halogens is 1. The number of nitrogens with zero attached hydrogens (tertiary/aromatic N) is 2. The van der Waals surface area contributed by atoms with Gasteiger partial charge in [-0.2, -0.15) is 5.26 Å². The highest BCUT2D eigenvalue weighted by atomic mass is 19.1. The third-order valence-corrected chi connectivity index (χ3v) is 5.49. The largest absolute Gasteiger partial charge is 0.525 e. The van der Waals surface area contributed by atoms with E-state index in [2.05, 4.69) is 11.1 Å². The Labute approximate surface area is 154 Å². The molecule has 1 aliphatic heterocycles. The van der Waals surface area contributed by atoms with Crippen LogP contribution in [0.5, 0.6) is 5.88 Å². The number of nitriles is 1. The summed E-state index contributed by atoms with van der Waals surface area (Å²) < 4.78 is 32.3. The summed E-state index contributed by atoms with van der Waals surface area (Å²) in [5.74, 6) is 0.438. The van der Waals surface area contributed by atoms with Crippen molar-refractivity contribution in [2.75, 3.05) is 0 Å². The molecule has 1 saturated heterocycles. The Balaban J connectivity index is 1.61. The molecule has 1 saturated carbocycles. The molecule has 3 rings (SSSR count). The number of hydrogen-bond acceptors (Lipinski definition) is 5. The average Bonchev–Trinajstić information content (AvgIpc) is 2.83. The van der Waals surface area contributed by atoms with Gasteiger partial charge >= 0.3 is 7.12 Å². The van der Waals surface area contributed by atoms with E-state index in [1.54, 1.807) is 18.3 Å². The zero-order chi connectivity index (χ0) is 18.9. The van der Waals surface area contributed by atoms with Crippen LogP contribution in [0, 0.1) is 11.3 Å². The van der Waals surface area contributed by atoms with Gasteiger partial charge in [-0.25, -0.2) is 9.37 Å². The van der Waals surface area contributed by atoms with Gasteiger partial charge in [-0.3, -0.25) is 0 Å². The summed E-state index contributed by atoms with van der Waals surface area (Å²) >= 11 is 0. The lowest BCUT2D eigenvalue weighted by atomic mass is 9.79. The minimum Gasteiger partial charge on any atom is -0.474 e. The molecule has 0 radical (unpaired) electrons. The molecule has 0 spiro atoms. The van der Waals surface area contributed by atoms with Crippen molar-refractivity contribution in [3.05, 3.63) is 35.2 Å². The Morgan fingerprint density at radius 3 is 2.46 bits per heavy atom. The van der Waals surface area contributed by atoms with Crippen LogP contribution in [0.25, 0.3) is 0 Å². The quantitative estimate of drug-likeness (QED) is 0.761. The number of aromatic nitrogens is 1. The van der Waals surface area contributed by atoms with Crippen LogP contribution in [0.2, 0.25) is 0 Å². The van der Waals surface area contributed by atoms with Gasteiger partial charge in [-0.15, -0.1) is 0 Å². The van der Waals surface area contributed by atoms with Crippen molar-refractivity contribution in [2.45, 2.75) is 70.7 Å². The molecule has 0 unspecified atom stereocenters. The van der Waals surface area contributed by atoms with Crippen molar-refractivity contribution >= 4 is 7.12 Å². The molecule has 7 heteroatoms. The molecule has 0 amide bonds. The third-order valence-electron chi connectivity index (χ3n) is 5.49. The molecule has 2 heterocycles. The molecule has 5 nitrogen and oxygen atoms in total. The molecular weight excluding hydrogens is 334 g/mol. The second kappa shape index (κ2) is 7.01. The van der Waals surface area contributed by atoms with Crippen LogP contribution < -0.4 is 4.74 Å². The van der Waals surface area contributed by atoms with Crippen LogP contribution in [-0.2, 0) is 9.31 Å². The minimum absolute atomic E-state index is 0.0358. The van der Waals surface area contributed by atoms with Crippen LogP contribution in [0.4, 0.5) is 4.39 Å². The molecule has 0 N–H and O–H groups in total. The van der Waals surface area contributed by atoms with Crippen LogP contribution in [-0.4, -0.2) is 29.4 Å². The first-order valence-corrected chi connectivity index (χ1v) is 8.98. The normalized spacial score (nSPS) is 24.2. The maximum absolute atomic E-state index is 14.9. The van der Waals surface area contributed by atoms with E-state index in [1.165, 1.54) is 0 Å². The predicted octanol–water partition coefficient (Wildman–Crippen LogP) is 4.13. The number of rotatable bonds is 3. The Morgan fingerprint density at radius 1 is 1.27 bits per heavy atom. The summed E-state index contributed by atoms with van der Waals surface area (Å²) in [5.41, 5.74) is -0.146. The maximum Gasteiger partial charge on any atom is 0.525 e. The summed E-state index contributed by atoms with van der Waals surface area (Å²) in [5, 5.41) is 8.94. The highest BCUT2D eigenvalue weighted by molar-refractivity contribution is 6.53. The van der Waals surface area contributed by atoms with Crippen molar-refractivity contribution < 1.29 is 18.4 Å². The van der Waals surface area contributed by atoms with Crippen LogP contribution in [0.1, 0.15) is 58.9 Å². The molecule has 0 atom stereocenters. The van der Waals surface area contributed by atoms with E-state index in [1.807, 2.05) is 27.7 Å². The molecule has 1 aromatic heterocycles. The van der Waals surface area contributed by atoms with Crippen molar-refractivity contribution in [3.63, 3.8) is 0 Å². The van der Waals surface area contributed by atoms with Crippen molar-refractivity contribution in [3.8, 4) is 11.9 Å². The topological polar surface area (TPSA) is 64.4 Å². The molecule has 2 fully saturated rings. The van der Waals surface area contributed by atoms with E-state index >= 15 is 0 Å². The van der Waals surface area contributed by atoms with Gasteiger partial charge in [0.05, 0.1) is 22.8 Å². The molecule has 138 valence electrons. The zero-order valence-electron chi connectivity index (χ0n) is 15.7. The Bertz CT molecular complexity index is 731. The van der Waals surface area contributed by atoms with Gasteiger partial charge in [0, 0.05) is 12.3 Å². The summed E-state index contributed by atoms with van der Waals surface area (Å²) in [4.78, 5) is 4.13. The smallest absolute Gasteiger partial charge is 0.474 e. The van der Waals surface area contributed by atoms with Crippen LogP contribution >= 0.6 is 0 Å². The van der Waals surface area contributed by atoms with Crippen LogP contribution in [0.15, 0.2) is 29.6 Å². The number of hydrogen-bond donors (Lipinski definition) is 0. The van der Waals surface area contributed by atoms with Gasteiger partial charge < -0.3 is 14.0 Å². The van der Waals surface area contributed by atoms with E-state index in [-0.39, 0.29) is 11.8 Å². The minimum atomic E-state index is -0.929. The SMILES string of the molecule is CC1(C)OB(C(F)=C2CCC(Oc3cc(C#N)ccn3)CC2)OC1(C)C. The molecule has 1 aliphatic carbocycles. The highest BCUT2D eigenvalue weighted by Crippen LogP contribution is 2.40. The van der Waals surface area contributed by atoms with E-state index in [0.717, 1.165) is 5.57 Å². The first-order chi connectivity index (χ1) is 12.2. The lowest BCUT2D eigenvalue weighted by molar-refractivity contribution is 0.00578. The standard InChI is InChI=1S/C19H24BFN2O3/c1-18(2)19(3,4)26-20(25-18)17(21)14-5-7-15(8-6-14)24-16-11-13(12-22)9-10-23-16/h9-11,15H,5-8H2,1-4H3. The lowest BCUT2D eigenvalue weighted by Crippen LogP contribution is -2.41. The van der Waals surface area contributed by atoms with Gasteiger partial charge in [0.15, 0.2) is 0 Å². The number of pyridine rings is 1. The van der Waals surface area contributed by atoms with Gasteiger partial charge in [0.2, 0.25) is 5.88 Å². The summed E-state index contributed by atoms with van der Waals surface area (Å²) in [7, 11) is -0.929. The molecule has 0 aromatic carbocycles. The molecule has 26 heavy (non-hydrogen) atoms. The molecule has 2 aliphatic rings. The molecule has 0 bridgehead atoms. The molecule has 1 aromatic rings. The monoisotopic (exact) mass is 358 g/mol. The number of allylic oxidation sites excluding steroid dienone is 1. The summed E-state index contributed by atoms with van der Waals surface area (Å²) in [6.45, 7) is 7.66. The Morgan fingerprint density at radius 2 is 1.88 bits per heavy atom. The van der Waals surface area contributed by atoms with E-state index < -0.39 is 18.3 Å². The van der Waals surface area contributed by atoms with Gasteiger partial charge in [0.1, 0.15) is 11.8 Å². The average molecular weight is 358 g/mol. The van der Waals surface area contributed by atoms with Crippen LogP contribution in [0.3, 0.4) is 0 Å². The Kier molecular flexibility index (Phi) is 5.09. The van der Waals surface area contributed by atoms with Crippen molar-refractivity contribution in [1.82, 2.24) is 4.98 Å². The predicted molar refractivity (Wildman–Crippen MR) is 96.1 cm³/mol. The fraction of sp³-hybridized carbons (Fsp3) is 0.579. The second-order valence-electron chi connectivity index (χ2n) is 7.85. The fourth-order valence-electron chi connectivity index (χ4n) is 3.12. The zero-order valence-corrected chi connectivity index (χ0v) is 15.7. The molecular formula is C19H24BFN2O3. The van der Waals surface area contributed by atoms with Gasteiger partial charge in [-0.05, 0) is 65.0 Å². The highest BCUT2D eigenvalue weighted by Gasteiger charge is 2.53. The van der Waals surface area contributed by atoms with E-state index in [4.69, 9.17) is 19.3 Å². The summed E-state index contributed by atoms with van der Waals surface area (Å²) in [6, 6.07) is 5.32. The lowest BCUT2D eigenvalue weighted by Gasteiger charge is -2.32. The van der Waals surface area contributed by atoms with Crippen molar-refractivity contribution in [1.29, 1.82) is 5.26 Å². The first-order valence-electron chi connectivity index (χ1n) is 8.98. The number of ether oxygens (including phenoxy) is 1. The third kappa shape index (κ3) is 3.77.